The molecule has 0 aliphatic rings. The van der Waals surface area contributed by atoms with Crippen molar-refractivity contribution in [3.05, 3.63) is 58.3 Å². The fourth-order valence-corrected chi connectivity index (χ4v) is 3.74. The van der Waals surface area contributed by atoms with Crippen molar-refractivity contribution in [2.24, 2.45) is 0 Å². The van der Waals surface area contributed by atoms with Gasteiger partial charge in [-0.25, -0.2) is 0 Å². The third-order valence-corrected chi connectivity index (χ3v) is 5.45. The van der Waals surface area contributed by atoms with Crippen LogP contribution in [0, 0.1) is 0 Å². The number of amides is 2. The predicted octanol–water partition coefficient (Wildman–Crippen LogP) is 3.86. The molecule has 2 rings (SSSR count). The second-order valence-electron chi connectivity index (χ2n) is 7.24. The Balaban J connectivity index is 2.07. The lowest BCUT2D eigenvalue weighted by Crippen LogP contribution is -2.45. The minimum Gasteiger partial charge on any atom is -0.466 e. The van der Waals surface area contributed by atoms with Crippen molar-refractivity contribution in [3.63, 3.8) is 0 Å². The van der Waals surface area contributed by atoms with Crippen molar-refractivity contribution in [3.8, 4) is 0 Å². The SMILES string of the molecule is CCOC(=O)CCC(=O)N(CC(=O)N(Cc1ccccc1)Cc1cccs1)C(C)C. The Morgan fingerprint density at radius 2 is 1.70 bits per heavy atom. The number of hydrogen-bond donors (Lipinski definition) is 0. The third kappa shape index (κ3) is 7.63. The van der Waals surface area contributed by atoms with Crippen molar-refractivity contribution < 1.29 is 19.1 Å². The van der Waals surface area contributed by atoms with Crippen LogP contribution < -0.4 is 0 Å². The Morgan fingerprint density at radius 1 is 0.967 bits per heavy atom. The highest BCUT2D eigenvalue weighted by Crippen LogP contribution is 2.16. The van der Waals surface area contributed by atoms with Gasteiger partial charge in [-0.2, -0.15) is 0 Å². The smallest absolute Gasteiger partial charge is 0.306 e. The molecule has 6 nitrogen and oxygen atoms in total. The van der Waals surface area contributed by atoms with Gasteiger partial charge in [0, 0.05) is 23.9 Å². The van der Waals surface area contributed by atoms with Gasteiger partial charge in [-0.05, 0) is 37.8 Å². The minimum atomic E-state index is -0.399. The van der Waals surface area contributed by atoms with Crippen LogP contribution in [0.4, 0.5) is 0 Å². The Labute approximate surface area is 182 Å². The molecule has 30 heavy (non-hydrogen) atoms. The molecular weight excluding hydrogens is 400 g/mol. The van der Waals surface area contributed by atoms with Gasteiger partial charge in [0.2, 0.25) is 11.8 Å². The van der Waals surface area contributed by atoms with E-state index < -0.39 is 5.97 Å². The van der Waals surface area contributed by atoms with Crippen LogP contribution in [0.1, 0.15) is 44.1 Å². The average Bonchev–Trinajstić information content (AvgIpc) is 3.23. The summed E-state index contributed by atoms with van der Waals surface area (Å²) in [4.78, 5) is 41.8. The summed E-state index contributed by atoms with van der Waals surface area (Å²) in [7, 11) is 0. The number of rotatable bonds is 11. The molecule has 0 fully saturated rings. The van der Waals surface area contributed by atoms with Gasteiger partial charge in [0.1, 0.15) is 0 Å². The van der Waals surface area contributed by atoms with E-state index in [1.807, 2.05) is 61.7 Å². The van der Waals surface area contributed by atoms with Crippen LogP contribution in [-0.4, -0.2) is 46.8 Å². The van der Waals surface area contributed by atoms with Gasteiger partial charge in [0.25, 0.3) is 0 Å². The van der Waals surface area contributed by atoms with Gasteiger partial charge in [0.05, 0.1) is 26.1 Å². The number of hydrogen-bond acceptors (Lipinski definition) is 5. The number of carbonyl (C=O) groups is 3. The van der Waals surface area contributed by atoms with Gasteiger partial charge >= 0.3 is 5.97 Å². The van der Waals surface area contributed by atoms with Crippen molar-refractivity contribution >= 4 is 29.1 Å². The van der Waals surface area contributed by atoms with Crippen molar-refractivity contribution in [2.45, 2.75) is 52.7 Å². The molecule has 0 aliphatic carbocycles. The third-order valence-electron chi connectivity index (χ3n) is 4.59. The molecule has 0 N–H and O–H groups in total. The van der Waals surface area contributed by atoms with Crippen molar-refractivity contribution in [2.75, 3.05) is 13.2 Å². The zero-order valence-electron chi connectivity index (χ0n) is 17.9. The van der Waals surface area contributed by atoms with E-state index in [0.29, 0.717) is 13.1 Å². The zero-order valence-corrected chi connectivity index (χ0v) is 18.7. The first-order valence-corrected chi connectivity index (χ1v) is 11.1. The highest BCUT2D eigenvalue weighted by Gasteiger charge is 2.24. The number of esters is 1. The lowest BCUT2D eigenvalue weighted by atomic mass is 10.2. The molecule has 7 heteroatoms. The number of thiophene rings is 1. The maximum atomic E-state index is 13.2. The molecular formula is C23H30N2O4S. The summed E-state index contributed by atoms with van der Waals surface area (Å²) in [5.74, 6) is -0.739. The Bertz CT molecular complexity index is 806. The molecule has 1 aromatic heterocycles. The maximum Gasteiger partial charge on any atom is 0.306 e. The monoisotopic (exact) mass is 430 g/mol. The standard InChI is InChI=1S/C23H30N2O4S/c1-4-29-23(28)13-12-21(26)25(18(2)3)17-22(27)24(16-20-11-8-14-30-20)15-19-9-6-5-7-10-19/h5-11,14,18H,4,12-13,15-17H2,1-3H3. The molecule has 162 valence electrons. The van der Waals surface area contributed by atoms with E-state index in [1.165, 1.54) is 4.90 Å². The topological polar surface area (TPSA) is 66.9 Å². The summed E-state index contributed by atoms with van der Waals surface area (Å²) in [6, 6.07) is 13.6. The molecule has 0 aliphatic heterocycles. The fraction of sp³-hybridized carbons (Fsp3) is 0.435. The van der Waals surface area contributed by atoms with Crippen LogP contribution in [0.5, 0.6) is 0 Å². The largest absolute Gasteiger partial charge is 0.466 e. The zero-order chi connectivity index (χ0) is 21.9. The van der Waals surface area contributed by atoms with Crippen LogP contribution in [0.25, 0.3) is 0 Å². The van der Waals surface area contributed by atoms with Crippen LogP contribution in [0.3, 0.4) is 0 Å². The van der Waals surface area contributed by atoms with Gasteiger partial charge in [-0.15, -0.1) is 11.3 Å². The van der Waals surface area contributed by atoms with Gasteiger partial charge in [-0.1, -0.05) is 36.4 Å². The number of benzene rings is 1. The summed E-state index contributed by atoms with van der Waals surface area (Å²) in [6.45, 7) is 6.71. The first-order valence-electron chi connectivity index (χ1n) is 10.2. The van der Waals surface area contributed by atoms with Crippen molar-refractivity contribution in [1.29, 1.82) is 0 Å². The average molecular weight is 431 g/mol. The summed E-state index contributed by atoms with van der Waals surface area (Å²) < 4.78 is 4.89. The molecule has 1 aromatic carbocycles. The Kier molecular flexibility index (Phi) is 9.54. The van der Waals surface area contributed by atoms with Gasteiger partial charge in [-0.3, -0.25) is 14.4 Å². The molecule has 2 amide bonds. The van der Waals surface area contributed by atoms with E-state index in [-0.39, 0.29) is 43.8 Å². The maximum absolute atomic E-state index is 13.2. The molecule has 0 atom stereocenters. The molecule has 0 saturated heterocycles. The van der Waals surface area contributed by atoms with E-state index in [0.717, 1.165) is 10.4 Å². The molecule has 0 spiro atoms. The normalized spacial score (nSPS) is 10.7. The van der Waals surface area contributed by atoms with Crippen LogP contribution in [0.2, 0.25) is 0 Å². The Hall–Kier alpha value is -2.67. The fourth-order valence-electron chi connectivity index (χ4n) is 3.02. The van der Waals surface area contributed by atoms with E-state index in [4.69, 9.17) is 4.74 Å². The van der Waals surface area contributed by atoms with E-state index >= 15 is 0 Å². The second-order valence-corrected chi connectivity index (χ2v) is 8.27. The molecule has 0 unspecified atom stereocenters. The molecule has 0 saturated carbocycles. The lowest BCUT2D eigenvalue weighted by molar-refractivity contribution is -0.147. The molecule has 0 bridgehead atoms. The predicted molar refractivity (Wildman–Crippen MR) is 118 cm³/mol. The van der Waals surface area contributed by atoms with Crippen LogP contribution in [0.15, 0.2) is 47.8 Å². The first-order chi connectivity index (χ1) is 14.4. The van der Waals surface area contributed by atoms with E-state index in [2.05, 4.69) is 0 Å². The number of ether oxygens (including phenoxy) is 1. The van der Waals surface area contributed by atoms with Crippen molar-refractivity contribution in [1.82, 2.24) is 9.80 Å². The van der Waals surface area contributed by atoms with E-state index in [1.54, 1.807) is 23.2 Å². The quantitative estimate of drug-likeness (QED) is 0.508. The molecule has 0 radical (unpaired) electrons. The van der Waals surface area contributed by atoms with Gasteiger partial charge in [0.15, 0.2) is 0 Å². The summed E-state index contributed by atoms with van der Waals surface area (Å²) in [6.07, 6.45) is 0.0565. The molecule has 2 aromatic rings. The van der Waals surface area contributed by atoms with E-state index in [9.17, 15) is 14.4 Å². The van der Waals surface area contributed by atoms with Crippen LogP contribution in [-0.2, 0) is 32.2 Å². The summed E-state index contributed by atoms with van der Waals surface area (Å²) in [5.41, 5.74) is 1.03. The number of carbonyl (C=O) groups excluding carboxylic acids is 3. The summed E-state index contributed by atoms with van der Waals surface area (Å²) >= 11 is 1.60. The van der Waals surface area contributed by atoms with Crippen LogP contribution >= 0.6 is 11.3 Å². The Morgan fingerprint density at radius 3 is 2.30 bits per heavy atom. The summed E-state index contributed by atoms with van der Waals surface area (Å²) in [5, 5.41) is 1.99. The second kappa shape index (κ2) is 12.1. The van der Waals surface area contributed by atoms with Gasteiger partial charge < -0.3 is 14.5 Å². The minimum absolute atomic E-state index is 0.0163. The first kappa shape index (κ1) is 23.6. The molecule has 1 heterocycles. The lowest BCUT2D eigenvalue weighted by Gasteiger charge is -2.30. The highest BCUT2D eigenvalue weighted by molar-refractivity contribution is 7.09. The highest BCUT2D eigenvalue weighted by atomic mass is 32.1. The number of nitrogens with zero attached hydrogens (tertiary/aromatic N) is 2.